The Hall–Kier alpha value is -2.17. The molecule has 76 valence electrons. The van der Waals surface area contributed by atoms with Gasteiger partial charge in [-0.3, -0.25) is 4.98 Å². The molecule has 2 heterocycles. The molecule has 0 aliphatic carbocycles. The Labute approximate surface area is 86.0 Å². The standard InChI is InChI=1S/C10H9N3O2/c1-7-2-3-8(4-11-7)13-5-9(10(14)15)12-6-13/h2-6H,1H3,(H,14,15). The van der Waals surface area contributed by atoms with Gasteiger partial charge in [-0.05, 0) is 19.1 Å². The molecule has 0 aliphatic rings. The van der Waals surface area contributed by atoms with Crippen LogP contribution in [0.25, 0.3) is 5.69 Å². The summed E-state index contributed by atoms with van der Waals surface area (Å²) in [5, 5.41) is 8.70. The minimum Gasteiger partial charge on any atom is -0.476 e. The van der Waals surface area contributed by atoms with Crippen LogP contribution in [-0.4, -0.2) is 25.6 Å². The highest BCUT2D eigenvalue weighted by Gasteiger charge is 2.07. The highest BCUT2D eigenvalue weighted by molar-refractivity contribution is 5.85. The minimum absolute atomic E-state index is 0.0237. The van der Waals surface area contributed by atoms with Crippen LogP contribution in [0.5, 0.6) is 0 Å². The third-order valence-corrected chi connectivity index (χ3v) is 2.00. The van der Waals surface area contributed by atoms with Gasteiger partial charge in [0.05, 0.1) is 11.9 Å². The first-order chi connectivity index (χ1) is 7.16. The summed E-state index contributed by atoms with van der Waals surface area (Å²) in [5.41, 5.74) is 1.73. The fourth-order valence-corrected chi connectivity index (χ4v) is 1.19. The largest absolute Gasteiger partial charge is 0.476 e. The van der Waals surface area contributed by atoms with Crippen LogP contribution in [0.3, 0.4) is 0 Å². The van der Waals surface area contributed by atoms with Crippen molar-refractivity contribution in [3.8, 4) is 5.69 Å². The topological polar surface area (TPSA) is 68.0 Å². The van der Waals surface area contributed by atoms with E-state index in [4.69, 9.17) is 5.11 Å². The molecule has 0 saturated heterocycles. The second-order valence-electron chi connectivity index (χ2n) is 3.13. The van der Waals surface area contributed by atoms with Gasteiger partial charge in [0.15, 0.2) is 5.69 Å². The number of hydrogen-bond acceptors (Lipinski definition) is 3. The number of aryl methyl sites for hydroxylation is 1. The van der Waals surface area contributed by atoms with Crippen molar-refractivity contribution < 1.29 is 9.90 Å². The first-order valence-corrected chi connectivity index (χ1v) is 4.37. The van der Waals surface area contributed by atoms with Gasteiger partial charge < -0.3 is 9.67 Å². The monoisotopic (exact) mass is 203 g/mol. The number of carboxylic acid groups (broad SMARTS) is 1. The first kappa shape index (κ1) is 9.39. The number of pyridine rings is 1. The van der Waals surface area contributed by atoms with E-state index in [1.807, 2.05) is 19.1 Å². The normalized spacial score (nSPS) is 10.2. The third-order valence-electron chi connectivity index (χ3n) is 2.00. The average molecular weight is 203 g/mol. The fraction of sp³-hybridized carbons (Fsp3) is 0.100. The van der Waals surface area contributed by atoms with Crippen LogP contribution in [0.4, 0.5) is 0 Å². The maximum absolute atomic E-state index is 10.6. The molecule has 0 aromatic carbocycles. The molecular formula is C10H9N3O2. The summed E-state index contributed by atoms with van der Waals surface area (Å²) in [5.74, 6) is -1.03. The zero-order valence-electron chi connectivity index (χ0n) is 8.08. The van der Waals surface area contributed by atoms with Crippen LogP contribution in [-0.2, 0) is 0 Å². The van der Waals surface area contributed by atoms with E-state index >= 15 is 0 Å². The summed E-state index contributed by atoms with van der Waals surface area (Å²) in [6, 6.07) is 3.71. The van der Waals surface area contributed by atoms with Crippen molar-refractivity contribution in [3.63, 3.8) is 0 Å². The zero-order chi connectivity index (χ0) is 10.8. The molecule has 0 atom stereocenters. The van der Waals surface area contributed by atoms with Crippen LogP contribution < -0.4 is 0 Å². The molecule has 2 aromatic rings. The van der Waals surface area contributed by atoms with E-state index in [0.29, 0.717) is 0 Å². The summed E-state index contributed by atoms with van der Waals surface area (Å²) < 4.78 is 1.62. The lowest BCUT2D eigenvalue weighted by Crippen LogP contribution is -1.96. The molecule has 0 amide bonds. The number of aromatic carboxylic acids is 1. The Kier molecular flexibility index (Phi) is 2.21. The minimum atomic E-state index is -1.03. The third kappa shape index (κ3) is 1.85. The Balaban J connectivity index is 2.37. The van der Waals surface area contributed by atoms with Gasteiger partial charge in [0, 0.05) is 11.9 Å². The van der Waals surface area contributed by atoms with Crippen LogP contribution in [0, 0.1) is 6.92 Å². The van der Waals surface area contributed by atoms with Crippen LogP contribution >= 0.6 is 0 Å². The lowest BCUT2D eigenvalue weighted by atomic mass is 10.3. The van der Waals surface area contributed by atoms with Gasteiger partial charge in [0.1, 0.15) is 6.33 Å². The Morgan fingerprint density at radius 3 is 2.73 bits per heavy atom. The van der Waals surface area contributed by atoms with E-state index in [0.717, 1.165) is 11.4 Å². The van der Waals surface area contributed by atoms with Gasteiger partial charge >= 0.3 is 5.97 Å². The Morgan fingerprint density at radius 1 is 1.40 bits per heavy atom. The van der Waals surface area contributed by atoms with E-state index in [-0.39, 0.29) is 5.69 Å². The molecule has 0 spiro atoms. The molecule has 5 nitrogen and oxygen atoms in total. The van der Waals surface area contributed by atoms with E-state index in [9.17, 15) is 4.79 Å². The van der Waals surface area contributed by atoms with Crippen LogP contribution in [0.2, 0.25) is 0 Å². The van der Waals surface area contributed by atoms with Gasteiger partial charge in [0.25, 0.3) is 0 Å². The smallest absolute Gasteiger partial charge is 0.356 e. The maximum Gasteiger partial charge on any atom is 0.356 e. The van der Waals surface area contributed by atoms with Gasteiger partial charge in [-0.25, -0.2) is 9.78 Å². The highest BCUT2D eigenvalue weighted by atomic mass is 16.4. The molecule has 0 unspecified atom stereocenters. The number of carboxylic acids is 1. The second kappa shape index (κ2) is 3.53. The van der Waals surface area contributed by atoms with Crippen molar-refractivity contribution in [2.75, 3.05) is 0 Å². The Morgan fingerprint density at radius 2 is 2.20 bits per heavy atom. The molecular weight excluding hydrogens is 194 g/mol. The predicted molar refractivity (Wildman–Crippen MR) is 53.1 cm³/mol. The number of hydrogen-bond donors (Lipinski definition) is 1. The molecule has 15 heavy (non-hydrogen) atoms. The van der Waals surface area contributed by atoms with E-state index < -0.39 is 5.97 Å². The summed E-state index contributed by atoms with van der Waals surface area (Å²) in [7, 11) is 0. The second-order valence-corrected chi connectivity index (χ2v) is 3.13. The number of rotatable bonds is 2. The fourth-order valence-electron chi connectivity index (χ4n) is 1.19. The molecule has 0 bridgehead atoms. The van der Waals surface area contributed by atoms with Gasteiger partial charge in [-0.1, -0.05) is 0 Å². The quantitative estimate of drug-likeness (QED) is 0.798. The number of carbonyl (C=O) groups is 1. The number of imidazole rings is 1. The maximum atomic E-state index is 10.6. The number of nitrogens with zero attached hydrogens (tertiary/aromatic N) is 3. The van der Waals surface area contributed by atoms with Crippen molar-refractivity contribution in [1.82, 2.24) is 14.5 Å². The molecule has 0 aliphatic heterocycles. The molecule has 2 rings (SSSR count). The SMILES string of the molecule is Cc1ccc(-n2cnc(C(=O)O)c2)cn1. The van der Waals surface area contributed by atoms with Crippen molar-refractivity contribution in [2.24, 2.45) is 0 Å². The Bertz CT molecular complexity index is 488. The molecule has 5 heteroatoms. The first-order valence-electron chi connectivity index (χ1n) is 4.37. The lowest BCUT2D eigenvalue weighted by molar-refractivity contribution is 0.0691. The van der Waals surface area contributed by atoms with Crippen molar-refractivity contribution in [3.05, 3.63) is 42.2 Å². The molecule has 0 saturated carbocycles. The van der Waals surface area contributed by atoms with E-state index in [2.05, 4.69) is 9.97 Å². The van der Waals surface area contributed by atoms with Gasteiger partial charge in [-0.15, -0.1) is 0 Å². The van der Waals surface area contributed by atoms with Crippen molar-refractivity contribution >= 4 is 5.97 Å². The summed E-state index contributed by atoms with van der Waals surface area (Å²) in [6.45, 7) is 1.89. The van der Waals surface area contributed by atoms with Crippen molar-refractivity contribution in [1.29, 1.82) is 0 Å². The number of aromatic nitrogens is 3. The lowest BCUT2D eigenvalue weighted by Gasteiger charge is -2.00. The van der Waals surface area contributed by atoms with E-state index in [1.165, 1.54) is 12.5 Å². The molecule has 1 N–H and O–H groups in total. The highest BCUT2D eigenvalue weighted by Crippen LogP contribution is 2.07. The average Bonchev–Trinajstić information content (AvgIpc) is 2.68. The van der Waals surface area contributed by atoms with Gasteiger partial charge in [-0.2, -0.15) is 0 Å². The molecule has 0 radical (unpaired) electrons. The predicted octanol–water partition coefficient (Wildman–Crippen LogP) is 1.27. The zero-order valence-corrected chi connectivity index (χ0v) is 8.08. The van der Waals surface area contributed by atoms with Crippen molar-refractivity contribution in [2.45, 2.75) is 6.92 Å². The van der Waals surface area contributed by atoms with Crippen LogP contribution in [0.1, 0.15) is 16.2 Å². The summed E-state index contributed by atoms with van der Waals surface area (Å²) >= 11 is 0. The van der Waals surface area contributed by atoms with E-state index in [1.54, 1.807) is 10.8 Å². The molecule has 0 fully saturated rings. The summed E-state index contributed by atoms with van der Waals surface area (Å²) in [6.07, 6.45) is 4.58. The molecule has 2 aromatic heterocycles. The van der Waals surface area contributed by atoms with Crippen LogP contribution in [0.15, 0.2) is 30.9 Å². The van der Waals surface area contributed by atoms with Gasteiger partial charge in [0.2, 0.25) is 0 Å². The summed E-state index contributed by atoms with van der Waals surface area (Å²) in [4.78, 5) is 18.5.